The molecule has 3 aromatic rings. The zero-order chi connectivity index (χ0) is 11.0. The fraction of sp³-hybridized carbons (Fsp3) is 0. The third kappa shape index (κ3) is 1.39. The lowest BCUT2D eigenvalue weighted by Crippen LogP contribution is -1.94. The lowest BCUT2D eigenvalue weighted by atomic mass is 10.3. The standard InChI is InChI=1S/C13H9ClN2/c14-12-9-10-5-4-8-15-13(10)16(12)11-6-2-1-3-7-11/h1-9H. The molecular formula is C13H9ClN2. The van der Waals surface area contributed by atoms with E-state index in [2.05, 4.69) is 4.98 Å². The summed E-state index contributed by atoms with van der Waals surface area (Å²) in [7, 11) is 0. The van der Waals surface area contributed by atoms with Gasteiger partial charge in [-0.2, -0.15) is 0 Å². The van der Waals surface area contributed by atoms with Crippen molar-refractivity contribution in [2.75, 3.05) is 0 Å². The molecule has 3 heteroatoms. The summed E-state index contributed by atoms with van der Waals surface area (Å²) in [5.41, 5.74) is 1.92. The van der Waals surface area contributed by atoms with Gasteiger partial charge in [0.2, 0.25) is 0 Å². The van der Waals surface area contributed by atoms with Crippen LogP contribution in [0.2, 0.25) is 5.15 Å². The van der Waals surface area contributed by atoms with Gasteiger partial charge in [-0.05, 0) is 30.3 Å². The Balaban J connectivity index is 2.35. The summed E-state index contributed by atoms with van der Waals surface area (Å²) in [6, 6.07) is 15.8. The van der Waals surface area contributed by atoms with Crippen LogP contribution in [-0.4, -0.2) is 9.55 Å². The summed E-state index contributed by atoms with van der Waals surface area (Å²) < 4.78 is 1.94. The normalized spacial score (nSPS) is 10.8. The molecule has 0 amide bonds. The number of benzene rings is 1. The zero-order valence-corrected chi connectivity index (χ0v) is 9.22. The van der Waals surface area contributed by atoms with Crippen molar-refractivity contribution < 1.29 is 0 Å². The highest BCUT2D eigenvalue weighted by molar-refractivity contribution is 6.31. The number of halogens is 1. The third-order valence-electron chi connectivity index (χ3n) is 2.53. The molecule has 0 spiro atoms. The minimum Gasteiger partial charge on any atom is -0.284 e. The second-order valence-corrected chi connectivity index (χ2v) is 3.94. The van der Waals surface area contributed by atoms with Gasteiger partial charge in [-0.15, -0.1) is 0 Å². The molecule has 0 aliphatic carbocycles. The molecule has 78 valence electrons. The largest absolute Gasteiger partial charge is 0.284 e. The molecule has 1 aromatic carbocycles. The molecule has 0 aliphatic rings. The number of rotatable bonds is 1. The van der Waals surface area contributed by atoms with Crippen LogP contribution in [0, 0.1) is 0 Å². The van der Waals surface area contributed by atoms with Gasteiger partial charge in [-0.25, -0.2) is 4.98 Å². The Bertz CT molecular complexity index is 629. The molecule has 2 heterocycles. The van der Waals surface area contributed by atoms with Crippen molar-refractivity contribution >= 4 is 22.6 Å². The Morgan fingerprint density at radius 2 is 1.81 bits per heavy atom. The topological polar surface area (TPSA) is 17.8 Å². The van der Waals surface area contributed by atoms with E-state index in [-0.39, 0.29) is 0 Å². The van der Waals surface area contributed by atoms with Crippen molar-refractivity contribution in [1.82, 2.24) is 9.55 Å². The first-order valence-corrected chi connectivity index (χ1v) is 5.41. The van der Waals surface area contributed by atoms with Gasteiger partial charge in [-0.1, -0.05) is 29.8 Å². The summed E-state index contributed by atoms with van der Waals surface area (Å²) in [6.45, 7) is 0. The number of fused-ring (bicyclic) bond motifs is 1. The quantitative estimate of drug-likeness (QED) is 0.621. The lowest BCUT2D eigenvalue weighted by molar-refractivity contribution is 1.09. The van der Waals surface area contributed by atoms with Crippen molar-refractivity contribution in [2.45, 2.75) is 0 Å². The van der Waals surface area contributed by atoms with Crippen LogP contribution in [0.3, 0.4) is 0 Å². The van der Waals surface area contributed by atoms with E-state index >= 15 is 0 Å². The van der Waals surface area contributed by atoms with Gasteiger partial charge in [0.05, 0.1) is 0 Å². The number of hydrogen-bond donors (Lipinski definition) is 0. The van der Waals surface area contributed by atoms with Crippen molar-refractivity contribution in [3.63, 3.8) is 0 Å². The van der Waals surface area contributed by atoms with Crippen LogP contribution in [0.4, 0.5) is 0 Å². The molecule has 0 bridgehead atoms. The van der Waals surface area contributed by atoms with Crippen LogP contribution in [0.15, 0.2) is 54.7 Å². The van der Waals surface area contributed by atoms with Gasteiger partial charge in [-0.3, -0.25) is 4.57 Å². The van der Waals surface area contributed by atoms with Gasteiger partial charge in [0.15, 0.2) is 0 Å². The van der Waals surface area contributed by atoms with Gasteiger partial charge >= 0.3 is 0 Å². The first kappa shape index (κ1) is 9.43. The highest BCUT2D eigenvalue weighted by Gasteiger charge is 2.08. The molecule has 2 nitrogen and oxygen atoms in total. The fourth-order valence-corrected chi connectivity index (χ4v) is 2.12. The summed E-state index contributed by atoms with van der Waals surface area (Å²) in [5, 5.41) is 1.73. The molecule has 0 radical (unpaired) electrons. The minimum absolute atomic E-state index is 0.680. The van der Waals surface area contributed by atoms with Gasteiger partial charge in [0.25, 0.3) is 0 Å². The molecule has 0 aliphatic heterocycles. The van der Waals surface area contributed by atoms with Crippen molar-refractivity contribution in [3.8, 4) is 5.69 Å². The zero-order valence-electron chi connectivity index (χ0n) is 8.47. The van der Waals surface area contributed by atoms with E-state index in [4.69, 9.17) is 11.6 Å². The van der Waals surface area contributed by atoms with Crippen molar-refractivity contribution in [2.24, 2.45) is 0 Å². The predicted molar refractivity (Wildman–Crippen MR) is 66.1 cm³/mol. The van der Waals surface area contributed by atoms with E-state index in [1.807, 2.05) is 53.1 Å². The van der Waals surface area contributed by atoms with Gasteiger partial charge < -0.3 is 0 Å². The summed E-state index contributed by atoms with van der Waals surface area (Å²) in [6.07, 6.45) is 1.78. The summed E-state index contributed by atoms with van der Waals surface area (Å²) >= 11 is 6.23. The molecule has 0 N–H and O–H groups in total. The molecule has 0 fully saturated rings. The fourth-order valence-electron chi connectivity index (χ4n) is 1.83. The average Bonchev–Trinajstić information content (AvgIpc) is 2.66. The third-order valence-corrected chi connectivity index (χ3v) is 2.81. The molecule has 0 unspecified atom stereocenters. The van der Waals surface area contributed by atoms with Crippen LogP contribution >= 0.6 is 11.6 Å². The Morgan fingerprint density at radius 3 is 2.62 bits per heavy atom. The maximum absolute atomic E-state index is 6.23. The van der Waals surface area contributed by atoms with E-state index in [1.54, 1.807) is 6.20 Å². The Kier molecular flexibility index (Phi) is 2.15. The molecular weight excluding hydrogens is 220 g/mol. The Hall–Kier alpha value is -1.80. The SMILES string of the molecule is Clc1cc2cccnc2n1-c1ccccc1. The molecule has 0 atom stereocenters. The second kappa shape index (κ2) is 3.65. The highest BCUT2D eigenvalue weighted by atomic mass is 35.5. The number of pyridine rings is 1. The lowest BCUT2D eigenvalue weighted by Gasteiger charge is -2.05. The van der Waals surface area contributed by atoms with E-state index in [0.717, 1.165) is 16.7 Å². The average molecular weight is 229 g/mol. The predicted octanol–water partition coefficient (Wildman–Crippen LogP) is 3.68. The summed E-state index contributed by atoms with van der Waals surface area (Å²) in [4.78, 5) is 4.36. The van der Waals surface area contributed by atoms with Gasteiger partial charge in [0, 0.05) is 17.3 Å². The van der Waals surface area contributed by atoms with Crippen LogP contribution in [-0.2, 0) is 0 Å². The van der Waals surface area contributed by atoms with Crippen molar-refractivity contribution in [3.05, 3.63) is 59.9 Å². The van der Waals surface area contributed by atoms with E-state index in [1.165, 1.54) is 0 Å². The molecule has 16 heavy (non-hydrogen) atoms. The van der Waals surface area contributed by atoms with Crippen LogP contribution in [0.5, 0.6) is 0 Å². The van der Waals surface area contributed by atoms with E-state index < -0.39 is 0 Å². The van der Waals surface area contributed by atoms with Crippen LogP contribution in [0.1, 0.15) is 0 Å². The maximum Gasteiger partial charge on any atom is 0.145 e. The highest BCUT2D eigenvalue weighted by Crippen LogP contribution is 2.25. The number of para-hydroxylation sites is 1. The maximum atomic E-state index is 6.23. The Morgan fingerprint density at radius 1 is 1.00 bits per heavy atom. The molecule has 3 rings (SSSR count). The number of hydrogen-bond acceptors (Lipinski definition) is 1. The first-order chi connectivity index (χ1) is 7.86. The van der Waals surface area contributed by atoms with Gasteiger partial charge in [0.1, 0.15) is 10.8 Å². The molecule has 2 aromatic heterocycles. The van der Waals surface area contributed by atoms with Crippen LogP contribution < -0.4 is 0 Å². The second-order valence-electron chi connectivity index (χ2n) is 3.55. The minimum atomic E-state index is 0.680. The monoisotopic (exact) mass is 228 g/mol. The summed E-state index contributed by atoms with van der Waals surface area (Å²) in [5.74, 6) is 0. The van der Waals surface area contributed by atoms with E-state index in [0.29, 0.717) is 5.15 Å². The number of nitrogens with zero attached hydrogens (tertiary/aromatic N) is 2. The van der Waals surface area contributed by atoms with Crippen LogP contribution in [0.25, 0.3) is 16.7 Å². The van der Waals surface area contributed by atoms with Crippen molar-refractivity contribution in [1.29, 1.82) is 0 Å². The Labute approximate surface area is 98.1 Å². The molecule has 0 saturated heterocycles. The van der Waals surface area contributed by atoms with E-state index in [9.17, 15) is 0 Å². The molecule has 0 saturated carbocycles. The first-order valence-electron chi connectivity index (χ1n) is 5.03. The smallest absolute Gasteiger partial charge is 0.145 e. The number of aromatic nitrogens is 2.